The van der Waals surface area contributed by atoms with Gasteiger partial charge in [0, 0.05) is 0 Å². The van der Waals surface area contributed by atoms with Gasteiger partial charge in [0.05, 0.1) is 0 Å². The maximum atomic E-state index is 3.90. The van der Waals surface area contributed by atoms with E-state index in [2.05, 4.69) is 13.2 Å². The number of hydrogen-bond donors (Lipinski definition) is 0. The molecule has 2 heteroatoms. The van der Waals surface area contributed by atoms with Crippen LogP contribution in [0.2, 0.25) is 0 Å². The Morgan fingerprint density at radius 2 is 2.09 bits per heavy atom. The fourth-order valence-electron chi connectivity index (χ4n) is 0.940. The molecule has 0 saturated heterocycles. The van der Waals surface area contributed by atoms with Crippen LogP contribution < -0.4 is 10.2 Å². The molecule has 1 aromatic heterocycles. The van der Waals surface area contributed by atoms with Gasteiger partial charge in [-0.2, -0.15) is 0 Å². The van der Waals surface area contributed by atoms with Gasteiger partial charge in [0.25, 0.3) is 0 Å². The molecule has 0 fully saturated rings. The molecule has 0 aromatic carbocycles. The van der Waals surface area contributed by atoms with Gasteiger partial charge in [0.1, 0.15) is 0 Å². The van der Waals surface area contributed by atoms with Crippen LogP contribution >= 0.6 is 0 Å². The molecule has 0 aliphatic carbocycles. The van der Waals surface area contributed by atoms with Gasteiger partial charge in [-0.05, 0) is 0 Å². The molecule has 0 spiro atoms. The summed E-state index contributed by atoms with van der Waals surface area (Å²) >= 11 is 0. The molecule has 1 heterocycles. The third-order valence-electron chi connectivity index (χ3n) is 1.46. The van der Waals surface area contributed by atoms with Crippen molar-refractivity contribution in [2.24, 2.45) is 0 Å². The normalized spacial score (nSPS) is 10.8. The molecule has 0 nitrogen and oxygen atoms in total. The third-order valence-corrected chi connectivity index (χ3v) is 1.46. The molecule has 0 saturated carbocycles. The van der Waals surface area contributed by atoms with E-state index in [9.17, 15) is 0 Å². The molecule has 0 aliphatic heterocycles. The fraction of sp³-hybridized carbons (Fsp3) is 0.111. The molecule has 11 heavy (non-hydrogen) atoms. The SMILES string of the molecule is C=C(C)/C=c1/bccbc1=C. The molecule has 1 aromatic rings. The van der Waals surface area contributed by atoms with Crippen LogP contribution in [0.25, 0.3) is 12.7 Å². The average Bonchev–Trinajstić information content (AvgIpc) is 1.93. The Morgan fingerprint density at radius 1 is 1.45 bits per heavy atom. The van der Waals surface area contributed by atoms with Gasteiger partial charge >= 0.3 is 67.7 Å². The van der Waals surface area contributed by atoms with Crippen molar-refractivity contribution >= 4 is 26.5 Å². The first-order valence-electron chi connectivity index (χ1n) is 3.61. The minimum atomic E-state index is 1.05. The number of hydrogen-bond acceptors (Lipinski definition) is 0. The molecule has 0 radical (unpaired) electrons. The summed E-state index contributed by atoms with van der Waals surface area (Å²) in [7, 11) is 0. The molecule has 0 N–H and O–H groups in total. The van der Waals surface area contributed by atoms with Crippen LogP contribution in [0.5, 0.6) is 0 Å². The second kappa shape index (κ2) is 3.47. The van der Waals surface area contributed by atoms with Crippen LogP contribution in [0.15, 0.2) is 24.1 Å². The van der Waals surface area contributed by atoms with Crippen LogP contribution in [0, 0.1) is 0 Å². The standard InChI is InChI=1S/C9H10B2/c1-7(2)6-9-8(3)10-4-5-11-9/h4-6H,1,3H2,2H3/b9-6+. The summed E-state index contributed by atoms with van der Waals surface area (Å²) in [4.78, 5) is 0. The fourth-order valence-corrected chi connectivity index (χ4v) is 0.940. The predicted octanol–water partition coefficient (Wildman–Crippen LogP) is 0.130. The summed E-state index contributed by atoms with van der Waals surface area (Å²) in [6.45, 7) is 13.7. The van der Waals surface area contributed by atoms with E-state index in [1.54, 1.807) is 0 Å². The van der Waals surface area contributed by atoms with E-state index in [0.717, 1.165) is 15.8 Å². The maximum absolute atomic E-state index is 3.90. The molecule has 52 valence electrons. The molecular weight excluding hydrogens is 130 g/mol. The van der Waals surface area contributed by atoms with Crippen LogP contribution in [0.3, 0.4) is 0 Å². The van der Waals surface area contributed by atoms with E-state index < -0.39 is 0 Å². The minimum absolute atomic E-state index is 1.05. The Kier molecular flexibility index (Phi) is 2.58. The van der Waals surface area contributed by atoms with Crippen molar-refractivity contribution in [3.8, 4) is 0 Å². The van der Waals surface area contributed by atoms with E-state index in [1.807, 2.05) is 38.7 Å². The summed E-state index contributed by atoms with van der Waals surface area (Å²) < 4.78 is 0. The van der Waals surface area contributed by atoms with Crippen molar-refractivity contribution in [1.82, 2.24) is 0 Å². The summed E-state index contributed by atoms with van der Waals surface area (Å²) in [5, 5.41) is 2.20. The van der Waals surface area contributed by atoms with Gasteiger partial charge in [-0.15, -0.1) is 0 Å². The Labute approximate surface area is 68.4 Å². The van der Waals surface area contributed by atoms with E-state index in [0.29, 0.717) is 0 Å². The Balaban J connectivity index is 3.36. The van der Waals surface area contributed by atoms with Gasteiger partial charge in [-0.1, -0.05) is 0 Å². The third kappa shape index (κ3) is 2.30. The predicted molar refractivity (Wildman–Crippen MR) is 53.2 cm³/mol. The van der Waals surface area contributed by atoms with Crippen molar-refractivity contribution in [3.63, 3.8) is 0 Å². The summed E-state index contributed by atoms with van der Waals surface area (Å²) in [5.74, 6) is 3.99. The zero-order valence-corrected chi connectivity index (χ0v) is 6.80. The van der Waals surface area contributed by atoms with Crippen molar-refractivity contribution in [1.29, 1.82) is 0 Å². The zero-order chi connectivity index (χ0) is 8.27. The first-order chi connectivity index (χ1) is 5.20. The van der Waals surface area contributed by atoms with Crippen molar-refractivity contribution in [2.75, 3.05) is 0 Å². The quantitative estimate of drug-likeness (QED) is 0.519. The molecule has 0 unspecified atom stereocenters. The van der Waals surface area contributed by atoms with Crippen molar-refractivity contribution in [2.45, 2.75) is 6.92 Å². The molecule has 0 amide bonds. The summed E-state index contributed by atoms with van der Waals surface area (Å²) in [6.07, 6.45) is 2.03. The van der Waals surface area contributed by atoms with Gasteiger partial charge in [-0.3, -0.25) is 0 Å². The van der Waals surface area contributed by atoms with Crippen molar-refractivity contribution < 1.29 is 0 Å². The van der Waals surface area contributed by atoms with Crippen LogP contribution in [0.1, 0.15) is 6.92 Å². The first-order valence-corrected chi connectivity index (χ1v) is 3.61. The van der Waals surface area contributed by atoms with E-state index in [4.69, 9.17) is 0 Å². The van der Waals surface area contributed by atoms with Crippen LogP contribution in [-0.2, 0) is 0 Å². The first kappa shape index (κ1) is 8.19. The van der Waals surface area contributed by atoms with Crippen molar-refractivity contribution in [3.05, 3.63) is 34.3 Å². The van der Waals surface area contributed by atoms with Gasteiger partial charge in [0.15, 0.2) is 0 Å². The topological polar surface area (TPSA) is 0 Å². The second-order valence-electron chi connectivity index (χ2n) is 2.69. The Hall–Kier alpha value is -0.910. The van der Waals surface area contributed by atoms with Gasteiger partial charge < -0.3 is 0 Å². The molecule has 0 aliphatic rings. The summed E-state index contributed by atoms with van der Waals surface area (Å²) in [5.41, 5.74) is 1.06. The number of allylic oxidation sites excluding steroid dienone is 1. The Bertz CT molecular complexity index is 365. The van der Waals surface area contributed by atoms with Crippen LogP contribution in [0.4, 0.5) is 0 Å². The monoisotopic (exact) mass is 140 g/mol. The van der Waals surface area contributed by atoms with Crippen LogP contribution in [-0.4, -0.2) is 13.8 Å². The van der Waals surface area contributed by atoms with Gasteiger partial charge in [-0.25, -0.2) is 0 Å². The van der Waals surface area contributed by atoms with E-state index >= 15 is 0 Å². The summed E-state index contributed by atoms with van der Waals surface area (Å²) in [6, 6.07) is 0. The molecule has 0 bridgehead atoms. The second-order valence-corrected chi connectivity index (χ2v) is 2.69. The van der Waals surface area contributed by atoms with Gasteiger partial charge in [0.2, 0.25) is 0 Å². The molecule has 0 atom stereocenters. The molecular formula is C9H10B2. The number of rotatable bonds is 1. The molecule has 1 rings (SSSR count). The average molecular weight is 140 g/mol. The zero-order valence-electron chi connectivity index (χ0n) is 6.80. The Morgan fingerprint density at radius 3 is 2.64 bits per heavy atom. The van der Waals surface area contributed by atoms with E-state index in [-0.39, 0.29) is 0 Å². The van der Waals surface area contributed by atoms with E-state index in [1.165, 1.54) is 0 Å².